The van der Waals surface area contributed by atoms with Crippen LogP contribution in [0.5, 0.6) is 5.75 Å². The largest absolute Gasteiger partial charge is 0.494 e. The van der Waals surface area contributed by atoms with E-state index in [0.717, 1.165) is 5.56 Å². The lowest BCUT2D eigenvalue weighted by Crippen LogP contribution is -2.24. The van der Waals surface area contributed by atoms with E-state index in [0.29, 0.717) is 18.0 Å². The van der Waals surface area contributed by atoms with Crippen LogP contribution in [0.25, 0.3) is 5.69 Å². The van der Waals surface area contributed by atoms with Gasteiger partial charge >= 0.3 is 0 Å². The van der Waals surface area contributed by atoms with Gasteiger partial charge in [-0.05, 0) is 48.9 Å². The van der Waals surface area contributed by atoms with Crippen molar-refractivity contribution in [2.45, 2.75) is 20.1 Å². The topological polar surface area (TPSA) is 89.3 Å². The molecule has 0 aliphatic rings. The van der Waals surface area contributed by atoms with Crippen molar-refractivity contribution in [2.24, 2.45) is 0 Å². The van der Waals surface area contributed by atoms with Gasteiger partial charge in [-0.15, -0.1) is 10.2 Å². The Balaban J connectivity index is 1.74. The van der Waals surface area contributed by atoms with Gasteiger partial charge in [0.1, 0.15) is 17.3 Å². The molecule has 0 saturated carbocycles. The highest BCUT2D eigenvalue weighted by Crippen LogP contribution is 2.15. The maximum atomic E-state index is 12.9. The lowest BCUT2D eigenvalue weighted by molar-refractivity contribution is 0.0942. The number of nitrogens with zero attached hydrogens (tertiary/aromatic N) is 3. The van der Waals surface area contributed by atoms with Crippen molar-refractivity contribution in [3.8, 4) is 11.4 Å². The molecule has 8 heteroatoms. The summed E-state index contributed by atoms with van der Waals surface area (Å²) in [6.45, 7) is 2.25. The van der Waals surface area contributed by atoms with Crippen LogP contribution in [0.2, 0.25) is 0 Å². The van der Waals surface area contributed by atoms with Crippen molar-refractivity contribution in [1.29, 1.82) is 0 Å². The van der Waals surface area contributed by atoms with E-state index in [1.54, 1.807) is 36.4 Å². The van der Waals surface area contributed by atoms with Crippen molar-refractivity contribution < 1.29 is 19.0 Å². The quantitative estimate of drug-likeness (QED) is 0.666. The lowest BCUT2D eigenvalue weighted by atomic mass is 10.2. The Bertz CT molecular complexity index is 908. The summed E-state index contributed by atoms with van der Waals surface area (Å²) in [7, 11) is 0. The zero-order valence-corrected chi connectivity index (χ0v) is 14.7. The first-order valence-corrected chi connectivity index (χ1v) is 8.43. The fourth-order valence-corrected chi connectivity index (χ4v) is 2.45. The summed E-state index contributed by atoms with van der Waals surface area (Å²) < 4.78 is 18.3. The maximum Gasteiger partial charge on any atom is 0.274 e. The number of halogens is 1. The van der Waals surface area contributed by atoms with Crippen LogP contribution >= 0.6 is 0 Å². The molecule has 0 fully saturated rings. The van der Waals surface area contributed by atoms with E-state index in [1.165, 1.54) is 16.9 Å². The summed E-state index contributed by atoms with van der Waals surface area (Å²) in [6.07, 6.45) is 0. The predicted molar refractivity (Wildman–Crippen MR) is 96.0 cm³/mol. The minimum Gasteiger partial charge on any atom is -0.494 e. The molecule has 140 valence electrons. The highest BCUT2D eigenvalue weighted by molar-refractivity contribution is 5.93. The number of ether oxygens (including phenoxy) is 1. The molecule has 0 radical (unpaired) electrons. The fourth-order valence-electron chi connectivity index (χ4n) is 2.45. The van der Waals surface area contributed by atoms with Gasteiger partial charge in [0.15, 0.2) is 5.69 Å². The molecule has 0 saturated heterocycles. The van der Waals surface area contributed by atoms with E-state index < -0.39 is 12.5 Å². The standard InChI is InChI=1S/C19H19FN4O3/c1-2-27-16-9-7-15(8-10-16)24-22-17(12-25)18(23-24)19(26)21-11-13-3-5-14(20)6-4-13/h3-10,25H,2,11-12H2,1H3,(H,21,26). The first kappa shape index (κ1) is 18.5. The molecule has 1 amide bonds. The van der Waals surface area contributed by atoms with Crippen LogP contribution in [0.1, 0.15) is 28.7 Å². The molecule has 3 rings (SSSR count). The minimum absolute atomic E-state index is 0.0356. The highest BCUT2D eigenvalue weighted by Gasteiger charge is 2.18. The van der Waals surface area contributed by atoms with Crippen LogP contribution in [0, 0.1) is 5.82 Å². The second kappa shape index (κ2) is 8.41. The zero-order valence-electron chi connectivity index (χ0n) is 14.7. The van der Waals surface area contributed by atoms with E-state index in [-0.39, 0.29) is 23.7 Å². The number of hydrogen-bond acceptors (Lipinski definition) is 5. The van der Waals surface area contributed by atoms with Crippen molar-refractivity contribution in [3.63, 3.8) is 0 Å². The van der Waals surface area contributed by atoms with Crippen LogP contribution < -0.4 is 10.1 Å². The fraction of sp³-hybridized carbons (Fsp3) is 0.211. The molecule has 0 aliphatic heterocycles. The predicted octanol–water partition coefficient (Wildman–Crippen LogP) is 2.23. The van der Waals surface area contributed by atoms with Crippen LogP contribution in [-0.4, -0.2) is 32.6 Å². The number of aliphatic hydroxyl groups excluding tert-OH is 1. The minimum atomic E-state index is -0.472. The first-order valence-electron chi connectivity index (χ1n) is 8.43. The molecular weight excluding hydrogens is 351 g/mol. The van der Waals surface area contributed by atoms with Crippen molar-refractivity contribution >= 4 is 5.91 Å². The number of carbonyl (C=O) groups excluding carboxylic acids is 1. The van der Waals surface area contributed by atoms with Crippen LogP contribution in [0.3, 0.4) is 0 Å². The number of nitrogens with one attached hydrogen (secondary N) is 1. The molecule has 2 N–H and O–H groups in total. The first-order chi connectivity index (χ1) is 13.1. The zero-order chi connectivity index (χ0) is 19.2. The number of benzene rings is 2. The van der Waals surface area contributed by atoms with Crippen LogP contribution in [0.15, 0.2) is 48.5 Å². The maximum absolute atomic E-state index is 12.9. The molecule has 27 heavy (non-hydrogen) atoms. The molecule has 0 spiro atoms. The normalized spacial score (nSPS) is 10.6. The van der Waals surface area contributed by atoms with E-state index in [4.69, 9.17) is 4.74 Å². The molecule has 0 atom stereocenters. The van der Waals surface area contributed by atoms with Gasteiger partial charge in [0.05, 0.1) is 18.9 Å². The Morgan fingerprint density at radius 2 is 1.85 bits per heavy atom. The number of carbonyl (C=O) groups is 1. The Morgan fingerprint density at radius 1 is 1.15 bits per heavy atom. The van der Waals surface area contributed by atoms with E-state index >= 15 is 0 Å². The van der Waals surface area contributed by atoms with Crippen molar-refractivity contribution in [3.05, 3.63) is 71.3 Å². The van der Waals surface area contributed by atoms with Crippen LogP contribution in [0.4, 0.5) is 4.39 Å². The molecule has 3 aromatic rings. The van der Waals surface area contributed by atoms with E-state index in [1.807, 2.05) is 6.92 Å². The summed E-state index contributed by atoms with van der Waals surface area (Å²) in [4.78, 5) is 13.7. The second-order valence-electron chi connectivity index (χ2n) is 5.68. The average Bonchev–Trinajstić information content (AvgIpc) is 3.13. The van der Waals surface area contributed by atoms with E-state index in [9.17, 15) is 14.3 Å². The number of aromatic nitrogens is 3. The average molecular weight is 370 g/mol. The number of aliphatic hydroxyl groups is 1. The smallest absolute Gasteiger partial charge is 0.274 e. The Morgan fingerprint density at radius 3 is 2.48 bits per heavy atom. The van der Waals surface area contributed by atoms with Gasteiger partial charge in [-0.3, -0.25) is 4.79 Å². The third-order valence-electron chi connectivity index (χ3n) is 3.79. The van der Waals surface area contributed by atoms with E-state index in [2.05, 4.69) is 15.5 Å². The van der Waals surface area contributed by atoms with Gasteiger partial charge in [0.2, 0.25) is 0 Å². The highest BCUT2D eigenvalue weighted by atomic mass is 19.1. The van der Waals surface area contributed by atoms with Gasteiger partial charge in [-0.1, -0.05) is 12.1 Å². The Hall–Kier alpha value is -3.26. The number of rotatable bonds is 7. The van der Waals surface area contributed by atoms with Crippen LogP contribution in [-0.2, 0) is 13.2 Å². The SMILES string of the molecule is CCOc1ccc(-n2nc(CO)c(C(=O)NCc3ccc(F)cc3)n2)cc1. The monoisotopic (exact) mass is 370 g/mol. The van der Waals surface area contributed by atoms with Gasteiger partial charge in [0.25, 0.3) is 5.91 Å². The molecule has 1 heterocycles. The second-order valence-corrected chi connectivity index (χ2v) is 5.68. The van der Waals surface area contributed by atoms with Gasteiger partial charge < -0.3 is 15.2 Å². The summed E-state index contributed by atoms with van der Waals surface area (Å²) in [6, 6.07) is 12.9. The molecular formula is C19H19FN4O3. The lowest BCUT2D eigenvalue weighted by Gasteiger charge is -2.04. The number of hydrogen-bond donors (Lipinski definition) is 2. The summed E-state index contributed by atoms with van der Waals surface area (Å²) >= 11 is 0. The van der Waals surface area contributed by atoms with Crippen molar-refractivity contribution in [1.82, 2.24) is 20.3 Å². The molecule has 7 nitrogen and oxygen atoms in total. The number of amides is 1. The molecule has 2 aromatic carbocycles. The van der Waals surface area contributed by atoms with Gasteiger partial charge in [-0.2, -0.15) is 4.80 Å². The van der Waals surface area contributed by atoms with Gasteiger partial charge in [-0.25, -0.2) is 4.39 Å². The summed E-state index contributed by atoms with van der Waals surface area (Å²) in [5.74, 6) is -0.0976. The molecule has 0 unspecified atom stereocenters. The van der Waals surface area contributed by atoms with Gasteiger partial charge in [0, 0.05) is 6.54 Å². The molecule has 1 aromatic heterocycles. The molecule has 0 aliphatic carbocycles. The Kier molecular flexibility index (Phi) is 5.77. The van der Waals surface area contributed by atoms with Crippen molar-refractivity contribution in [2.75, 3.05) is 6.61 Å². The Labute approximate surface area is 155 Å². The summed E-state index contributed by atoms with van der Waals surface area (Å²) in [5, 5.41) is 20.5. The molecule has 0 bridgehead atoms. The third-order valence-corrected chi connectivity index (χ3v) is 3.79. The summed E-state index contributed by atoms with van der Waals surface area (Å²) in [5.41, 5.74) is 1.58. The third kappa shape index (κ3) is 4.48.